The van der Waals surface area contributed by atoms with Gasteiger partial charge >= 0.3 is 0 Å². The molecule has 1 saturated carbocycles. The summed E-state index contributed by atoms with van der Waals surface area (Å²) in [6.07, 6.45) is 6.18. The third-order valence-electron chi connectivity index (χ3n) is 5.37. The van der Waals surface area contributed by atoms with E-state index in [1.54, 1.807) is 6.08 Å². The molecule has 1 heterocycles. The number of morpholine rings is 1. The van der Waals surface area contributed by atoms with E-state index in [1.165, 1.54) is 6.42 Å². The van der Waals surface area contributed by atoms with Gasteiger partial charge in [-0.3, -0.25) is 4.79 Å². The van der Waals surface area contributed by atoms with Gasteiger partial charge in [-0.2, -0.15) is 5.26 Å². The van der Waals surface area contributed by atoms with E-state index >= 15 is 0 Å². The predicted molar refractivity (Wildman–Crippen MR) is 103 cm³/mol. The van der Waals surface area contributed by atoms with Gasteiger partial charge in [0, 0.05) is 24.8 Å². The van der Waals surface area contributed by atoms with Crippen LogP contribution in [0.2, 0.25) is 0 Å². The highest BCUT2D eigenvalue weighted by Gasteiger charge is 2.24. The van der Waals surface area contributed by atoms with Crippen LogP contribution in [0.3, 0.4) is 0 Å². The molecule has 2 unspecified atom stereocenters. The van der Waals surface area contributed by atoms with Crippen LogP contribution in [0.25, 0.3) is 6.08 Å². The molecule has 0 aromatic heterocycles. The monoisotopic (exact) mass is 353 g/mol. The van der Waals surface area contributed by atoms with E-state index in [1.807, 2.05) is 24.3 Å². The summed E-state index contributed by atoms with van der Waals surface area (Å²) in [6.45, 7) is 5.45. The lowest BCUT2D eigenvalue weighted by Crippen LogP contribution is -2.41. The van der Waals surface area contributed by atoms with E-state index in [9.17, 15) is 10.1 Å². The highest BCUT2D eigenvalue weighted by Crippen LogP contribution is 2.24. The Bertz CT molecular complexity index is 684. The van der Waals surface area contributed by atoms with Crippen LogP contribution in [0, 0.1) is 17.2 Å². The van der Waals surface area contributed by atoms with Crippen molar-refractivity contribution < 1.29 is 9.53 Å². The van der Waals surface area contributed by atoms with Gasteiger partial charge in [-0.05, 0) is 42.5 Å². The molecule has 2 aliphatic rings. The van der Waals surface area contributed by atoms with Crippen LogP contribution in [-0.2, 0) is 9.53 Å². The number of anilines is 1. The molecular formula is C21H27N3O2. The number of hydrogen-bond acceptors (Lipinski definition) is 4. The standard InChI is InChI=1S/C21H27N3O2/c1-16-4-2-3-5-20(16)23-21(25)18(15-22)14-17-6-8-19(9-7-17)24-10-12-26-13-11-24/h6-9,14,16,20H,2-5,10-13H2,1H3,(H,23,25). The van der Waals surface area contributed by atoms with Gasteiger partial charge in [-0.15, -0.1) is 0 Å². The van der Waals surface area contributed by atoms with Gasteiger partial charge in [0.15, 0.2) is 0 Å². The van der Waals surface area contributed by atoms with Crippen LogP contribution < -0.4 is 10.2 Å². The molecule has 138 valence electrons. The maximum Gasteiger partial charge on any atom is 0.262 e. The zero-order chi connectivity index (χ0) is 18.4. The highest BCUT2D eigenvalue weighted by atomic mass is 16.5. The molecule has 1 aromatic rings. The van der Waals surface area contributed by atoms with Gasteiger partial charge in [0.25, 0.3) is 5.91 Å². The van der Waals surface area contributed by atoms with Crippen LogP contribution in [0.4, 0.5) is 5.69 Å². The summed E-state index contributed by atoms with van der Waals surface area (Å²) < 4.78 is 5.38. The quantitative estimate of drug-likeness (QED) is 0.667. The van der Waals surface area contributed by atoms with Crippen molar-refractivity contribution in [3.63, 3.8) is 0 Å². The molecule has 1 aromatic carbocycles. The number of nitriles is 1. The fourth-order valence-electron chi connectivity index (χ4n) is 3.70. The van der Waals surface area contributed by atoms with Crippen molar-refractivity contribution in [2.45, 2.75) is 38.6 Å². The molecule has 1 N–H and O–H groups in total. The Hall–Kier alpha value is -2.32. The number of rotatable bonds is 4. The lowest BCUT2D eigenvalue weighted by Gasteiger charge is -2.29. The highest BCUT2D eigenvalue weighted by molar-refractivity contribution is 6.01. The zero-order valence-electron chi connectivity index (χ0n) is 15.4. The van der Waals surface area contributed by atoms with E-state index < -0.39 is 0 Å². The van der Waals surface area contributed by atoms with E-state index in [2.05, 4.69) is 23.2 Å². The molecule has 3 rings (SSSR count). The van der Waals surface area contributed by atoms with Crippen LogP contribution in [0.15, 0.2) is 29.8 Å². The second kappa shape index (κ2) is 8.86. The first-order chi connectivity index (χ1) is 12.7. The van der Waals surface area contributed by atoms with Crippen molar-refractivity contribution in [2.24, 2.45) is 5.92 Å². The molecule has 1 saturated heterocycles. The summed E-state index contributed by atoms with van der Waals surface area (Å²) in [7, 11) is 0. The first-order valence-electron chi connectivity index (χ1n) is 9.53. The molecule has 0 radical (unpaired) electrons. The van der Waals surface area contributed by atoms with E-state index in [0.717, 1.165) is 56.8 Å². The fourth-order valence-corrected chi connectivity index (χ4v) is 3.70. The molecule has 2 fully saturated rings. The Labute approximate surface area is 155 Å². The lowest BCUT2D eigenvalue weighted by atomic mass is 9.86. The molecule has 26 heavy (non-hydrogen) atoms. The Kier molecular flexibility index (Phi) is 6.30. The minimum atomic E-state index is -0.261. The van der Waals surface area contributed by atoms with Crippen LogP contribution in [-0.4, -0.2) is 38.3 Å². The second-order valence-corrected chi connectivity index (χ2v) is 7.20. The average Bonchev–Trinajstić information content (AvgIpc) is 2.69. The number of nitrogens with one attached hydrogen (secondary N) is 1. The molecule has 5 heteroatoms. The third kappa shape index (κ3) is 4.64. The van der Waals surface area contributed by atoms with Crippen molar-refractivity contribution in [1.29, 1.82) is 5.26 Å². The summed E-state index contributed by atoms with van der Waals surface area (Å²) in [6, 6.07) is 10.2. The van der Waals surface area contributed by atoms with E-state index in [0.29, 0.717) is 5.92 Å². The zero-order valence-corrected chi connectivity index (χ0v) is 15.4. The van der Waals surface area contributed by atoms with Crippen LogP contribution >= 0.6 is 0 Å². The molecular weight excluding hydrogens is 326 g/mol. The van der Waals surface area contributed by atoms with Gasteiger partial charge in [0.1, 0.15) is 11.6 Å². The molecule has 5 nitrogen and oxygen atoms in total. The summed E-state index contributed by atoms with van der Waals surface area (Å²) in [5.74, 6) is 0.212. The van der Waals surface area contributed by atoms with Crippen molar-refractivity contribution in [1.82, 2.24) is 5.32 Å². The minimum Gasteiger partial charge on any atom is -0.378 e. The molecule has 1 aliphatic carbocycles. The number of amides is 1. The largest absolute Gasteiger partial charge is 0.378 e. The predicted octanol–water partition coefficient (Wildman–Crippen LogP) is 3.13. The SMILES string of the molecule is CC1CCCCC1NC(=O)C(C#N)=Cc1ccc(N2CCOCC2)cc1. The fraction of sp³-hybridized carbons (Fsp3) is 0.524. The van der Waals surface area contributed by atoms with Crippen molar-refractivity contribution in [3.05, 3.63) is 35.4 Å². The van der Waals surface area contributed by atoms with Gasteiger partial charge in [0.2, 0.25) is 0 Å². The third-order valence-corrected chi connectivity index (χ3v) is 5.37. The Morgan fingerprint density at radius 2 is 1.92 bits per heavy atom. The molecule has 1 amide bonds. The first-order valence-corrected chi connectivity index (χ1v) is 9.53. The van der Waals surface area contributed by atoms with Crippen molar-refractivity contribution in [2.75, 3.05) is 31.2 Å². The second-order valence-electron chi connectivity index (χ2n) is 7.20. The summed E-state index contributed by atoms with van der Waals surface area (Å²) in [5.41, 5.74) is 2.18. The Morgan fingerprint density at radius 3 is 2.58 bits per heavy atom. The van der Waals surface area contributed by atoms with E-state index in [-0.39, 0.29) is 17.5 Å². The number of carbonyl (C=O) groups excluding carboxylic acids is 1. The summed E-state index contributed by atoms with van der Waals surface area (Å²) in [5, 5.41) is 12.5. The van der Waals surface area contributed by atoms with E-state index in [4.69, 9.17) is 4.74 Å². The Balaban J connectivity index is 1.66. The molecule has 0 spiro atoms. The minimum absolute atomic E-state index is 0.168. The van der Waals surface area contributed by atoms with Gasteiger partial charge in [-0.1, -0.05) is 31.9 Å². The molecule has 0 bridgehead atoms. The number of benzene rings is 1. The van der Waals surface area contributed by atoms with Gasteiger partial charge < -0.3 is 15.0 Å². The maximum absolute atomic E-state index is 12.5. The lowest BCUT2D eigenvalue weighted by molar-refractivity contribution is -0.118. The number of nitrogens with zero attached hydrogens (tertiary/aromatic N) is 2. The maximum atomic E-state index is 12.5. The van der Waals surface area contributed by atoms with Gasteiger partial charge in [0.05, 0.1) is 13.2 Å². The van der Waals surface area contributed by atoms with Crippen LogP contribution in [0.5, 0.6) is 0 Å². The van der Waals surface area contributed by atoms with Gasteiger partial charge in [-0.25, -0.2) is 0 Å². The number of ether oxygens (including phenoxy) is 1. The smallest absolute Gasteiger partial charge is 0.262 e. The first kappa shape index (κ1) is 18.5. The number of carbonyl (C=O) groups is 1. The average molecular weight is 353 g/mol. The topological polar surface area (TPSA) is 65.4 Å². The normalized spacial score (nSPS) is 24.0. The van der Waals surface area contributed by atoms with Crippen molar-refractivity contribution >= 4 is 17.7 Å². The Morgan fingerprint density at radius 1 is 1.23 bits per heavy atom. The summed E-state index contributed by atoms with van der Waals surface area (Å²) >= 11 is 0. The summed E-state index contributed by atoms with van der Waals surface area (Å²) in [4.78, 5) is 14.8. The number of hydrogen-bond donors (Lipinski definition) is 1. The van der Waals surface area contributed by atoms with Crippen LogP contribution in [0.1, 0.15) is 38.2 Å². The molecule has 1 aliphatic heterocycles. The van der Waals surface area contributed by atoms with Crippen molar-refractivity contribution in [3.8, 4) is 6.07 Å². The molecule has 2 atom stereocenters.